The first kappa shape index (κ1) is 17.5. The van der Waals surface area contributed by atoms with Crippen LogP contribution in [0.2, 0.25) is 0 Å². The molecular formula is C22H20N4O3. The number of benzene rings is 1. The van der Waals surface area contributed by atoms with Gasteiger partial charge in [-0.15, -0.1) is 0 Å². The van der Waals surface area contributed by atoms with Gasteiger partial charge in [0.25, 0.3) is 11.8 Å². The van der Waals surface area contributed by atoms with Crippen LogP contribution in [0.25, 0.3) is 0 Å². The van der Waals surface area contributed by atoms with Gasteiger partial charge >= 0.3 is 0 Å². The molecule has 0 saturated carbocycles. The molecule has 1 atom stereocenters. The summed E-state index contributed by atoms with van der Waals surface area (Å²) in [5, 5.41) is 0. The van der Waals surface area contributed by atoms with E-state index in [2.05, 4.69) is 4.98 Å². The molecule has 1 saturated heterocycles. The molecule has 3 aromatic rings. The number of methoxy groups -OCH3 is 1. The van der Waals surface area contributed by atoms with E-state index in [1.807, 2.05) is 52.1 Å². The summed E-state index contributed by atoms with van der Waals surface area (Å²) < 4.78 is 7.23. The number of ether oxygens (including phenoxy) is 1. The minimum absolute atomic E-state index is 0.0708. The Labute approximate surface area is 168 Å². The second kappa shape index (κ2) is 6.48. The van der Waals surface area contributed by atoms with Gasteiger partial charge in [-0.05, 0) is 36.4 Å². The Morgan fingerprint density at radius 3 is 2.66 bits per heavy atom. The number of hydrogen-bond donors (Lipinski definition) is 0. The van der Waals surface area contributed by atoms with Crippen molar-refractivity contribution in [1.29, 1.82) is 0 Å². The third-order valence-corrected chi connectivity index (χ3v) is 5.83. The summed E-state index contributed by atoms with van der Waals surface area (Å²) in [5.41, 5.74) is 1.13. The van der Waals surface area contributed by atoms with E-state index in [1.165, 1.54) is 0 Å². The summed E-state index contributed by atoms with van der Waals surface area (Å²) >= 11 is 0. The average Bonchev–Trinajstić information content (AvgIpc) is 3.40. The predicted molar refractivity (Wildman–Crippen MR) is 105 cm³/mol. The number of nitrogens with zero attached hydrogens (tertiary/aromatic N) is 4. The fourth-order valence-corrected chi connectivity index (χ4v) is 4.45. The summed E-state index contributed by atoms with van der Waals surface area (Å²) in [6, 6.07) is 14.8. The molecule has 0 bridgehead atoms. The molecule has 0 N–H and O–H groups in total. The minimum Gasteiger partial charge on any atom is -0.497 e. The molecule has 7 nitrogen and oxygen atoms in total. The zero-order valence-electron chi connectivity index (χ0n) is 16.0. The summed E-state index contributed by atoms with van der Waals surface area (Å²) in [6.45, 7) is 1.40. The quantitative estimate of drug-likeness (QED) is 0.691. The van der Waals surface area contributed by atoms with Gasteiger partial charge in [-0.25, -0.2) is 0 Å². The SMILES string of the molecule is COc1ccc(C23Cn4cccc4C(=O)N2CCN3C(=O)c2cccnc2)cc1. The fraction of sp³-hybridized carbons (Fsp3) is 0.227. The van der Waals surface area contributed by atoms with Crippen LogP contribution in [-0.2, 0) is 12.2 Å². The van der Waals surface area contributed by atoms with E-state index in [1.54, 1.807) is 36.5 Å². The van der Waals surface area contributed by atoms with E-state index in [0.29, 0.717) is 30.9 Å². The van der Waals surface area contributed by atoms with Gasteiger partial charge in [-0.3, -0.25) is 14.6 Å². The van der Waals surface area contributed by atoms with Crippen molar-refractivity contribution in [1.82, 2.24) is 19.4 Å². The highest BCUT2D eigenvalue weighted by molar-refractivity contribution is 5.98. The van der Waals surface area contributed by atoms with Gasteiger partial charge in [0.05, 0.1) is 19.2 Å². The number of amides is 2. The highest BCUT2D eigenvalue weighted by Crippen LogP contribution is 2.43. The number of carbonyl (C=O) groups excluding carboxylic acids is 2. The van der Waals surface area contributed by atoms with Crippen LogP contribution in [0, 0.1) is 0 Å². The summed E-state index contributed by atoms with van der Waals surface area (Å²) in [6.07, 6.45) is 5.10. The van der Waals surface area contributed by atoms with Gasteiger partial charge in [-0.1, -0.05) is 12.1 Å². The largest absolute Gasteiger partial charge is 0.497 e. The molecule has 7 heteroatoms. The molecule has 29 heavy (non-hydrogen) atoms. The van der Waals surface area contributed by atoms with Crippen LogP contribution in [0.3, 0.4) is 0 Å². The fourth-order valence-electron chi connectivity index (χ4n) is 4.45. The third-order valence-electron chi connectivity index (χ3n) is 5.83. The minimum atomic E-state index is -0.900. The smallest absolute Gasteiger partial charge is 0.272 e. The molecule has 5 rings (SSSR count). The molecule has 0 aliphatic carbocycles. The zero-order chi connectivity index (χ0) is 20.0. The highest BCUT2D eigenvalue weighted by Gasteiger charge is 2.56. The van der Waals surface area contributed by atoms with Gasteiger partial charge in [0, 0.05) is 37.2 Å². The molecular weight excluding hydrogens is 368 g/mol. The monoisotopic (exact) mass is 388 g/mol. The first-order chi connectivity index (χ1) is 14.1. The molecule has 2 amide bonds. The Hall–Kier alpha value is -3.61. The lowest BCUT2D eigenvalue weighted by Crippen LogP contribution is -2.60. The highest BCUT2D eigenvalue weighted by atomic mass is 16.5. The predicted octanol–water partition coefficient (Wildman–Crippen LogP) is 2.36. The van der Waals surface area contributed by atoms with Crippen molar-refractivity contribution in [3.8, 4) is 5.75 Å². The average molecular weight is 388 g/mol. The van der Waals surface area contributed by atoms with Crippen LogP contribution in [-0.4, -0.2) is 51.4 Å². The van der Waals surface area contributed by atoms with Crippen molar-refractivity contribution in [2.45, 2.75) is 12.2 Å². The van der Waals surface area contributed by atoms with Gasteiger partial charge in [-0.2, -0.15) is 0 Å². The van der Waals surface area contributed by atoms with Crippen molar-refractivity contribution in [2.24, 2.45) is 0 Å². The van der Waals surface area contributed by atoms with Crippen LogP contribution in [0.15, 0.2) is 67.1 Å². The van der Waals surface area contributed by atoms with Gasteiger partial charge < -0.3 is 19.1 Å². The lowest BCUT2D eigenvalue weighted by Gasteiger charge is -2.47. The second-order valence-electron chi connectivity index (χ2n) is 7.22. The van der Waals surface area contributed by atoms with Crippen LogP contribution in [0.4, 0.5) is 0 Å². The van der Waals surface area contributed by atoms with E-state index in [0.717, 1.165) is 11.3 Å². The standard InChI is InChI=1S/C22H20N4O3/c1-29-18-8-6-17(7-9-18)22-15-24-11-3-5-19(24)21(28)26(22)13-12-25(22)20(27)16-4-2-10-23-14-16/h2-11,14H,12-13,15H2,1H3. The molecule has 1 aromatic carbocycles. The normalized spacial score (nSPS) is 20.4. The Bertz CT molecular complexity index is 1080. The van der Waals surface area contributed by atoms with Gasteiger partial charge in [0.15, 0.2) is 5.66 Å². The maximum Gasteiger partial charge on any atom is 0.272 e. The summed E-state index contributed by atoms with van der Waals surface area (Å²) in [7, 11) is 1.61. The van der Waals surface area contributed by atoms with Crippen LogP contribution < -0.4 is 4.74 Å². The van der Waals surface area contributed by atoms with Gasteiger partial charge in [0.2, 0.25) is 0 Å². The lowest BCUT2D eigenvalue weighted by atomic mass is 9.93. The van der Waals surface area contributed by atoms with Crippen molar-refractivity contribution < 1.29 is 14.3 Å². The first-order valence-electron chi connectivity index (χ1n) is 9.49. The topological polar surface area (TPSA) is 67.7 Å². The van der Waals surface area contributed by atoms with E-state index in [-0.39, 0.29) is 11.8 Å². The number of pyridine rings is 1. The summed E-state index contributed by atoms with van der Waals surface area (Å²) in [5.74, 6) is 0.516. The van der Waals surface area contributed by atoms with Crippen molar-refractivity contribution >= 4 is 11.8 Å². The Balaban J connectivity index is 1.68. The van der Waals surface area contributed by atoms with Crippen molar-refractivity contribution in [2.75, 3.05) is 20.2 Å². The number of fused-ring (bicyclic) bond motifs is 2. The second-order valence-corrected chi connectivity index (χ2v) is 7.22. The Morgan fingerprint density at radius 1 is 1.10 bits per heavy atom. The maximum absolute atomic E-state index is 13.5. The molecule has 0 spiro atoms. The third kappa shape index (κ3) is 2.47. The molecule has 1 unspecified atom stereocenters. The van der Waals surface area contributed by atoms with E-state index < -0.39 is 5.66 Å². The van der Waals surface area contributed by atoms with Crippen LogP contribution >= 0.6 is 0 Å². The number of aromatic nitrogens is 2. The molecule has 4 heterocycles. The number of rotatable bonds is 3. The molecule has 2 aliphatic heterocycles. The number of carbonyl (C=O) groups is 2. The molecule has 1 fully saturated rings. The molecule has 146 valence electrons. The van der Waals surface area contributed by atoms with Gasteiger partial charge in [0.1, 0.15) is 11.4 Å². The zero-order valence-corrected chi connectivity index (χ0v) is 16.0. The first-order valence-corrected chi connectivity index (χ1v) is 9.49. The van der Waals surface area contributed by atoms with E-state index in [4.69, 9.17) is 4.74 Å². The van der Waals surface area contributed by atoms with Crippen LogP contribution in [0.5, 0.6) is 5.75 Å². The van der Waals surface area contributed by atoms with Crippen molar-refractivity contribution in [3.05, 3.63) is 83.9 Å². The molecule has 0 radical (unpaired) electrons. The Kier molecular flexibility index (Phi) is 3.91. The van der Waals surface area contributed by atoms with Crippen LogP contribution in [0.1, 0.15) is 26.4 Å². The van der Waals surface area contributed by atoms with E-state index >= 15 is 0 Å². The molecule has 2 aromatic heterocycles. The van der Waals surface area contributed by atoms with E-state index in [9.17, 15) is 9.59 Å². The number of hydrogen-bond acceptors (Lipinski definition) is 4. The Morgan fingerprint density at radius 2 is 1.93 bits per heavy atom. The lowest BCUT2D eigenvalue weighted by molar-refractivity contribution is -0.00595. The molecule has 2 aliphatic rings. The maximum atomic E-state index is 13.5. The van der Waals surface area contributed by atoms with Crippen molar-refractivity contribution in [3.63, 3.8) is 0 Å². The summed E-state index contributed by atoms with van der Waals surface area (Å²) in [4.78, 5) is 34.5.